The van der Waals surface area contributed by atoms with Gasteiger partial charge in [-0.25, -0.2) is 4.39 Å². The number of ether oxygens (including phenoxy) is 1. The first-order chi connectivity index (χ1) is 9.95. The molecule has 21 heavy (non-hydrogen) atoms. The predicted octanol–water partition coefficient (Wildman–Crippen LogP) is 4.67. The Hall–Kier alpha value is -1.27. The minimum atomic E-state index is -0.436. The summed E-state index contributed by atoms with van der Waals surface area (Å²) in [5, 5.41) is 3.23. The van der Waals surface area contributed by atoms with E-state index in [9.17, 15) is 4.39 Å². The lowest BCUT2D eigenvalue weighted by molar-refractivity contribution is 0.231. The van der Waals surface area contributed by atoms with Crippen LogP contribution in [0, 0.1) is 5.82 Å². The maximum Gasteiger partial charge on any atom is 0.167 e. The maximum atomic E-state index is 13.7. The highest BCUT2D eigenvalue weighted by Crippen LogP contribution is 2.29. The molecule has 6 heteroatoms. The smallest absolute Gasteiger partial charge is 0.167 e. The van der Waals surface area contributed by atoms with Gasteiger partial charge in [0.1, 0.15) is 0 Å². The summed E-state index contributed by atoms with van der Waals surface area (Å²) in [5.74, 6) is -0.213. The van der Waals surface area contributed by atoms with Crippen molar-refractivity contribution >= 4 is 38.6 Å². The van der Waals surface area contributed by atoms with Crippen molar-refractivity contribution in [2.75, 3.05) is 17.6 Å². The molecule has 3 nitrogen and oxygen atoms in total. The molecule has 0 unspecified atom stereocenters. The molecule has 114 valence electrons. The van der Waals surface area contributed by atoms with E-state index >= 15 is 0 Å². The SMILES string of the molecule is CC(C)Oc1cc(NCCc2ccc(Br)s2)c(N)cc1F. The van der Waals surface area contributed by atoms with Gasteiger partial charge in [0.05, 0.1) is 21.3 Å². The van der Waals surface area contributed by atoms with Gasteiger partial charge in [0.2, 0.25) is 0 Å². The molecule has 0 amide bonds. The Morgan fingerprint density at radius 2 is 2.14 bits per heavy atom. The molecule has 1 heterocycles. The number of benzene rings is 1. The molecule has 0 atom stereocenters. The molecule has 2 aromatic rings. The maximum absolute atomic E-state index is 13.7. The molecule has 1 aromatic heterocycles. The van der Waals surface area contributed by atoms with E-state index in [1.54, 1.807) is 17.4 Å². The molecule has 0 saturated heterocycles. The van der Waals surface area contributed by atoms with Gasteiger partial charge in [-0.15, -0.1) is 11.3 Å². The Balaban J connectivity index is 2.01. The fourth-order valence-electron chi connectivity index (χ4n) is 1.87. The number of thiophene rings is 1. The molecule has 0 bridgehead atoms. The van der Waals surface area contributed by atoms with Crippen molar-refractivity contribution < 1.29 is 9.13 Å². The Morgan fingerprint density at radius 1 is 1.38 bits per heavy atom. The highest BCUT2D eigenvalue weighted by molar-refractivity contribution is 9.11. The fourth-order valence-corrected chi connectivity index (χ4v) is 3.36. The van der Waals surface area contributed by atoms with Crippen LogP contribution in [0.1, 0.15) is 18.7 Å². The first kappa shape index (κ1) is 16.1. The van der Waals surface area contributed by atoms with Crippen LogP contribution >= 0.6 is 27.3 Å². The molecular formula is C15H18BrFN2OS. The molecule has 0 aliphatic carbocycles. The van der Waals surface area contributed by atoms with Gasteiger partial charge in [-0.1, -0.05) is 0 Å². The second kappa shape index (κ2) is 7.13. The lowest BCUT2D eigenvalue weighted by atomic mass is 10.2. The van der Waals surface area contributed by atoms with E-state index in [1.807, 2.05) is 19.9 Å². The first-order valence-electron chi connectivity index (χ1n) is 6.69. The zero-order valence-corrected chi connectivity index (χ0v) is 14.4. The summed E-state index contributed by atoms with van der Waals surface area (Å²) in [6.07, 6.45) is 0.799. The van der Waals surface area contributed by atoms with Crippen molar-refractivity contribution in [3.8, 4) is 5.75 Å². The van der Waals surface area contributed by atoms with Crippen molar-refractivity contribution in [1.29, 1.82) is 0 Å². The van der Waals surface area contributed by atoms with E-state index in [0.717, 1.165) is 16.8 Å². The Kier molecular flexibility index (Phi) is 5.47. The van der Waals surface area contributed by atoms with Crippen LogP contribution in [0.2, 0.25) is 0 Å². The third kappa shape index (κ3) is 4.61. The summed E-state index contributed by atoms with van der Waals surface area (Å²) in [5.41, 5.74) is 6.92. The quantitative estimate of drug-likeness (QED) is 0.724. The minimum Gasteiger partial charge on any atom is -0.488 e. The lowest BCUT2D eigenvalue weighted by Crippen LogP contribution is -2.10. The van der Waals surface area contributed by atoms with Crippen molar-refractivity contribution in [3.05, 3.63) is 38.7 Å². The molecule has 0 aliphatic rings. The minimum absolute atomic E-state index is 0.0838. The van der Waals surface area contributed by atoms with Crippen molar-refractivity contribution in [3.63, 3.8) is 0 Å². The average Bonchev–Trinajstić information content (AvgIpc) is 2.80. The zero-order valence-electron chi connectivity index (χ0n) is 12.0. The summed E-state index contributed by atoms with van der Waals surface area (Å²) in [4.78, 5) is 1.27. The molecule has 1 aromatic carbocycles. The summed E-state index contributed by atoms with van der Waals surface area (Å²) >= 11 is 5.14. The molecule has 0 aliphatic heterocycles. The number of nitrogens with one attached hydrogen (secondary N) is 1. The topological polar surface area (TPSA) is 47.3 Å². The number of halogens is 2. The molecule has 0 radical (unpaired) electrons. The van der Waals surface area contributed by atoms with Crippen LogP contribution in [-0.4, -0.2) is 12.6 Å². The molecular weight excluding hydrogens is 355 g/mol. The highest BCUT2D eigenvalue weighted by atomic mass is 79.9. The van der Waals surface area contributed by atoms with E-state index in [2.05, 4.69) is 27.3 Å². The molecule has 0 fully saturated rings. The van der Waals surface area contributed by atoms with Crippen LogP contribution in [-0.2, 0) is 6.42 Å². The highest BCUT2D eigenvalue weighted by Gasteiger charge is 2.10. The summed E-state index contributed by atoms with van der Waals surface area (Å²) in [6.45, 7) is 4.44. The Morgan fingerprint density at radius 3 is 2.76 bits per heavy atom. The van der Waals surface area contributed by atoms with Crippen LogP contribution in [0.5, 0.6) is 5.75 Å². The van der Waals surface area contributed by atoms with E-state index in [4.69, 9.17) is 10.5 Å². The summed E-state index contributed by atoms with van der Waals surface area (Å²) < 4.78 is 20.3. The van der Waals surface area contributed by atoms with E-state index in [1.165, 1.54) is 10.9 Å². The van der Waals surface area contributed by atoms with Crippen LogP contribution in [0.4, 0.5) is 15.8 Å². The first-order valence-corrected chi connectivity index (χ1v) is 8.30. The number of anilines is 2. The van der Waals surface area contributed by atoms with Gasteiger partial charge >= 0.3 is 0 Å². The van der Waals surface area contributed by atoms with E-state index in [-0.39, 0.29) is 11.9 Å². The third-order valence-corrected chi connectivity index (χ3v) is 4.47. The van der Waals surface area contributed by atoms with E-state index in [0.29, 0.717) is 11.4 Å². The van der Waals surface area contributed by atoms with Crippen LogP contribution in [0.15, 0.2) is 28.1 Å². The van der Waals surface area contributed by atoms with Crippen LogP contribution < -0.4 is 15.8 Å². The average molecular weight is 373 g/mol. The number of nitrogens with two attached hydrogens (primary N) is 1. The fraction of sp³-hybridized carbons (Fsp3) is 0.333. The van der Waals surface area contributed by atoms with Gasteiger partial charge in [-0.05, 0) is 48.3 Å². The van der Waals surface area contributed by atoms with Gasteiger partial charge in [0.25, 0.3) is 0 Å². The molecule has 0 spiro atoms. The molecule has 0 saturated carbocycles. The Bertz CT molecular complexity index is 616. The second-order valence-corrected chi connectivity index (χ2v) is 7.47. The second-order valence-electron chi connectivity index (χ2n) is 4.92. The number of nitrogen functional groups attached to an aromatic ring is 1. The predicted molar refractivity (Wildman–Crippen MR) is 90.8 cm³/mol. The van der Waals surface area contributed by atoms with Gasteiger partial charge < -0.3 is 15.8 Å². The lowest BCUT2D eigenvalue weighted by Gasteiger charge is -2.15. The van der Waals surface area contributed by atoms with E-state index < -0.39 is 5.82 Å². The zero-order chi connectivity index (χ0) is 15.4. The standard InChI is InChI=1S/C15H18BrFN2OS/c1-9(2)20-14-8-13(12(18)7-11(14)17)19-6-5-10-3-4-15(16)21-10/h3-4,7-9,19H,5-6,18H2,1-2H3. The van der Waals surface area contributed by atoms with Crippen molar-refractivity contribution in [2.45, 2.75) is 26.4 Å². The summed E-state index contributed by atoms with van der Waals surface area (Å²) in [6, 6.07) is 7.02. The summed E-state index contributed by atoms with van der Waals surface area (Å²) in [7, 11) is 0. The van der Waals surface area contributed by atoms with Crippen molar-refractivity contribution in [1.82, 2.24) is 0 Å². The number of rotatable bonds is 6. The van der Waals surface area contributed by atoms with Crippen LogP contribution in [0.3, 0.4) is 0 Å². The van der Waals surface area contributed by atoms with Gasteiger partial charge in [0.15, 0.2) is 11.6 Å². The largest absolute Gasteiger partial charge is 0.488 e. The van der Waals surface area contributed by atoms with Crippen LogP contribution in [0.25, 0.3) is 0 Å². The molecule has 2 rings (SSSR count). The Labute approximate surface area is 136 Å². The number of hydrogen-bond acceptors (Lipinski definition) is 4. The van der Waals surface area contributed by atoms with Gasteiger partial charge in [-0.3, -0.25) is 0 Å². The van der Waals surface area contributed by atoms with Gasteiger partial charge in [0, 0.05) is 23.6 Å². The number of hydrogen-bond donors (Lipinski definition) is 2. The van der Waals surface area contributed by atoms with Gasteiger partial charge in [-0.2, -0.15) is 0 Å². The monoisotopic (exact) mass is 372 g/mol. The molecule has 3 N–H and O–H groups in total. The normalized spacial score (nSPS) is 10.9. The van der Waals surface area contributed by atoms with Crippen molar-refractivity contribution in [2.24, 2.45) is 0 Å². The third-order valence-electron chi connectivity index (χ3n) is 2.78.